The number of thioether (sulfide) groups is 1. The average Bonchev–Trinajstić information content (AvgIpc) is 3.03. The van der Waals surface area contributed by atoms with Crippen LogP contribution >= 0.6 is 35.0 Å². The van der Waals surface area contributed by atoms with Gasteiger partial charge < -0.3 is 10.1 Å². The number of carbonyl (C=O) groups excluding carboxylic acids is 1. The van der Waals surface area contributed by atoms with Crippen molar-refractivity contribution >= 4 is 46.5 Å². The highest BCUT2D eigenvalue weighted by atomic mass is 35.5. The second-order valence-corrected chi connectivity index (χ2v) is 7.55. The van der Waals surface area contributed by atoms with Gasteiger partial charge in [0.15, 0.2) is 10.8 Å². The fourth-order valence-electron chi connectivity index (χ4n) is 2.86. The molecule has 0 saturated carbocycles. The van der Waals surface area contributed by atoms with E-state index in [0.29, 0.717) is 27.5 Å². The standard InChI is InChI=1S/C17H14Cl2N4O2S/c18-10-7-12(19)16-21-22-17(23(16)8-10)26-9-15(24)20-13-5-6-25-14-4-2-1-3-11(13)14/h1-4,7-8,13H,5-6,9H2,(H,20,24). The van der Waals surface area contributed by atoms with Crippen LogP contribution in [0.3, 0.4) is 0 Å². The lowest BCUT2D eigenvalue weighted by atomic mass is 10.0. The Bertz CT molecular complexity index is 979. The maximum Gasteiger partial charge on any atom is 0.230 e. The maximum atomic E-state index is 12.4. The molecule has 1 N–H and O–H groups in total. The van der Waals surface area contributed by atoms with E-state index >= 15 is 0 Å². The smallest absolute Gasteiger partial charge is 0.230 e. The molecular formula is C17H14Cl2N4O2S. The van der Waals surface area contributed by atoms with Crippen molar-refractivity contribution in [2.45, 2.75) is 17.6 Å². The molecule has 0 spiro atoms. The Labute approximate surface area is 163 Å². The average molecular weight is 409 g/mol. The summed E-state index contributed by atoms with van der Waals surface area (Å²) < 4.78 is 7.31. The third kappa shape index (κ3) is 3.47. The minimum atomic E-state index is -0.0819. The predicted molar refractivity (Wildman–Crippen MR) is 101 cm³/mol. The number of hydrogen-bond donors (Lipinski definition) is 1. The quantitative estimate of drug-likeness (QED) is 0.665. The van der Waals surface area contributed by atoms with Crippen LogP contribution in [-0.2, 0) is 4.79 Å². The van der Waals surface area contributed by atoms with Gasteiger partial charge in [0.25, 0.3) is 0 Å². The molecule has 0 fully saturated rings. The van der Waals surface area contributed by atoms with Gasteiger partial charge in [0.05, 0.1) is 28.4 Å². The number of fused-ring (bicyclic) bond motifs is 2. The van der Waals surface area contributed by atoms with Crippen molar-refractivity contribution < 1.29 is 9.53 Å². The lowest BCUT2D eigenvalue weighted by Gasteiger charge is -2.26. The highest BCUT2D eigenvalue weighted by Gasteiger charge is 2.23. The van der Waals surface area contributed by atoms with Crippen molar-refractivity contribution in [3.05, 3.63) is 52.1 Å². The van der Waals surface area contributed by atoms with E-state index < -0.39 is 0 Å². The van der Waals surface area contributed by atoms with Crippen LogP contribution in [0.4, 0.5) is 0 Å². The number of benzene rings is 1. The van der Waals surface area contributed by atoms with Crippen LogP contribution < -0.4 is 10.1 Å². The zero-order chi connectivity index (χ0) is 18.1. The topological polar surface area (TPSA) is 68.5 Å². The number of amides is 1. The number of pyridine rings is 1. The highest BCUT2D eigenvalue weighted by molar-refractivity contribution is 7.99. The molecule has 0 aliphatic carbocycles. The van der Waals surface area contributed by atoms with Gasteiger partial charge in [0, 0.05) is 18.2 Å². The van der Waals surface area contributed by atoms with Gasteiger partial charge in [0.2, 0.25) is 5.91 Å². The van der Waals surface area contributed by atoms with E-state index in [2.05, 4.69) is 15.5 Å². The summed E-state index contributed by atoms with van der Waals surface area (Å²) in [6.45, 7) is 0.584. The van der Waals surface area contributed by atoms with Gasteiger partial charge >= 0.3 is 0 Å². The van der Waals surface area contributed by atoms with Crippen molar-refractivity contribution in [1.82, 2.24) is 19.9 Å². The summed E-state index contributed by atoms with van der Waals surface area (Å²) >= 11 is 13.4. The third-order valence-electron chi connectivity index (χ3n) is 4.02. The molecule has 0 radical (unpaired) electrons. The van der Waals surface area contributed by atoms with Crippen molar-refractivity contribution in [3.63, 3.8) is 0 Å². The summed E-state index contributed by atoms with van der Waals surface area (Å²) in [5, 5.41) is 12.6. The number of para-hydroxylation sites is 1. The molecule has 134 valence electrons. The van der Waals surface area contributed by atoms with E-state index in [-0.39, 0.29) is 17.7 Å². The van der Waals surface area contributed by atoms with Crippen LogP contribution in [0.15, 0.2) is 41.7 Å². The Morgan fingerprint density at radius 1 is 1.35 bits per heavy atom. The van der Waals surface area contributed by atoms with E-state index in [9.17, 15) is 4.79 Å². The molecule has 3 heterocycles. The third-order valence-corrected chi connectivity index (χ3v) is 5.45. The molecular weight excluding hydrogens is 395 g/mol. The summed E-state index contributed by atoms with van der Waals surface area (Å²) in [6.07, 6.45) is 2.42. The molecule has 3 aromatic rings. The number of halogens is 2. The monoisotopic (exact) mass is 408 g/mol. The Hall–Kier alpha value is -1.96. The SMILES string of the molecule is O=C(CSc1nnc2c(Cl)cc(Cl)cn12)NC1CCOc2ccccc21. The first kappa shape index (κ1) is 17.5. The van der Waals surface area contributed by atoms with Crippen LogP contribution in [0.5, 0.6) is 5.75 Å². The molecule has 4 rings (SSSR count). The van der Waals surface area contributed by atoms with E-state index in [1.54, 1.807) is 16.7 Å². The fourth-order valence-corrected chi connectivity index (χ4v) is 4.09. The number of ether oxygens (including phenoxy) is 1. The molecule has 9 heteroatoms. The van der Waals surface area contributed by atoms with E-state index in [4.69, 9.17) is 27.9 Å². The molecule has 1 amide bonds. The van der Waals surface area contributed by atoms with Crippen molar-refractivity contribution in [2.75, 3.05) is 12.4 Å². The number of hydrogen-bond acceptors (Lipinski definition) is 5. The minimum Gasteiger partial charge on any atom is -0.493 e. The molecule has 1 aromatic carbocycles. The molecule has 0 bridgehead atoms. The molecule has 26 heavy (non-hydrogen) atoms. The van der Waals surface area contributed by atoms with Crippen molar-refractivity contribution in [1.29, 1.82) is 0 Å². The van der Waals surface area contributed by atoms with E-state index in [0.717, 1.165) is 17.7 Å². The minimum absolute atomic E-state index is 0.0490. The van der Waals surface area contributed by atoms with Crippen molar-refractivity contribution in [2.24, 2.45) is 0 Å². The highest BCUT2D eigenvalue weighted by Crippen LogP contribution is 2.31. The number of aromatic nitrogens is 3. The number of nitrogens with zero attached hydrogens (tertiary/aromatic N) is 3. The Balaban J connectivity index is 1.44. The molecule has 1 unspecified atom stereocenters. The Morgan fingerprint density at radius 2 is 2.19 bits per heavy atom. The summed E-state index contributed by atoms with van der Waals surface area (Å²) in [4.78, 5) is 12.4. The van der Waals surface area contributed by atoms with Crippen LogP contribution in [0.1, 0.15) is 18.0 Å². The van der Waals surface area contributed by atoms with Gasteiger partial charge in [-0.2, -0.15) is 0 Å². The summed E-state index contributed by atoms with van der Waals surface area (Å²) in [5.41, 5.74) is 1.51. The van der Waals surface area contributed by atoms with Gasteiger partial charge in [0.1, 0.15) is 5.75 Å². The van der Waals surface area contributed by atoms with E-state index in [1.165, 1.54) is 11.8 Å². The van der Waals surface area contributed by atoms with Crippen molar-refractivity contribution in [3.8, 4) is 5.75 Å². The fraction of sp³-hybridized carbons (Fsp3) is 0.235. The van der Waals surface area contributed by atoms with E-state index in [1.807, 2.05) is 24.3 Å². The van der Waals surface area contributed by atoms with Crippen LogP contribution in [0.2, 0.25) is 10.0 Å². The summed E-state index contributed by atoms with van der Waals surface area (Å²) in [7, 11) is 0. The zero-order valence-electron chi connectivity index (χ0n) is 13.5. The van der Waals surface area contributed by atoms with Gasteiger partial charge in [-0.3, -0.25) is 9.20 Å². The molecule has 1 atom stereocenters. The first-order valence-electron chi connectivity index (χ1n) is 7.95. The number of carbonyl (C=O) groups is 1. The van der Waals surface area contributed by atoms with Crippen LogP contribution in [-0.4, -0.2) is 32.9 Å². The Morgan fingerprint density at radius 3 is 3.08 bits per heavy atom. The van der Waals surface area contributed by atoms with Gasteiger partial charge in [-0.05, 0) is 12.1 Å². The zero-order valence-corrected chi connectivity index (χ0v) is 15.8. The summed E-state index contributed by atoms with van der Waals surface area (Å²) in [6, 6.07) is 9.31. The predicted octanol–water partition coefficient (Wildman–Crippen LogP) is 3.77. The largest absolute Gasteiger partial charge is 0.493 e. The first-order chi connectivity index (χ1) is 12.6. The Kier molecular flexibility index (Phi) is 4.93. The lowest BCUT2D eigenvalue weighted by molar-refractivity contribution is -0.119. The molecule has 2 aromatic heterocycles. The molecule has 6 nitrogen and oxygen atoms in total. The second-order valence-electron chi connectivity index (χ2n) is 5.77. The normalized spacial score (nSPS) is 16.2. The van der Waals surface area contributed by atoms with Crippen LogP contribution in [0, 0.1) is 0 Å². The van der Waals surface area contributed by atoms with Gasteiger partial charge in [-0.25, -0.2) is 0 Å². The lowest BCUT2D eigenvalue weighted by Crippen LogP contribution is -2.33. The molecule has 1 aliphatic heterocycles. The molecule has 0 saturated heterocycles. The molecule has 1 aliphatic rings. The maximum absolute atomic E-state index is 12.4. The van der Waals surface area contributed by atoms with Crippen LogP contribution in [0.25, 0.3) is 5.65 Å². The first-order valence-corrected chi connectivity index (χ1v) is 9.69. The van der Waals surface area contributed by atoms with Gasteiger partial charge in [-0.1, -0.05) is 53.2 Å². The number of nitrogens with one attached hydrogen (secondary N) is 1. The second kappa shape index (κ2) is 7.34. The summed E-state index contributed by atoms with van der Waals surface area (Å²) in [5.74, 6) is 0.954. The number of rotatable bonds is 4. The van der Waals surface area contributed by atoms with Gasteiger partial charge in [-0.15, -0.1) is 10.2 Å².